The van der Waals surface area contributed by atoms with Crippen molar-refractivity contribution in [2.24, 2.45) is 5.92 Å². The number of hydrogen-bond acceptors (Lipinski definition) is 3. The van der Waals surface area contributed by atoms with Crippen molar-refractivity contribution in [3.8, 4) is 0 Å². The first-order valence-corrected chi connectivity index (χ1v) is 7.94. The molecule has 0 saturated heterocycles. The van der Waals surface area contributed by atoms with Gasteiger partial charge in [0.2, 0.25) is 5.78 Å². The number of Topliss-reactive ketones (excluding diaryl/α,β-unsaturated/α-hetero) is 1. The Kier molecular flexibility index (Phi) is 4.27. The average molecular weight is 299 g/mol. The van der Waals surface area contributed by atoms with Crippen LogP contribution in [-0.4, -0.2) is 23.3 Å². The van der Waals surface area contributed by atoms with Gasteiger partial charge in [-0.05, 0) is 25.8 Å². The topological polar surface area (TPSA) is 59.2 Å². The second-order valence-electron chi connectivity index (χ2n) is 6.04. The number of H-pyrrole nitrogens is 1. The third-order valence-corrected chi connectivity index (χ3v) is 4.46. The van der Waals surface area contributed by atoms with Gasteiger partial charge in [-0.15, -0.1) is 0 Å². The van der Waals surface area contributed by atoms with E-state index in [1.807, 2.05) is 31.2 Å². The summed E-state index contributed by atoms with van der Waals surface area (Å²) in [7, 11) is 0. The Morgan fingerprint density at radius 1 is 1.18 bits per heavy atom. The van der Waals surface area contributed by atoms with Gasteiger partial charge in [0.1, 0.15) is 0 Å². The molecule has 0 atom stereocenters. The molecule has 0 amide bonds. The van der Waals surface area contributed by atoms with E-state index < -0.39 is 0 Å². The number of para-hydroxylation sites is 1. The summed E-state index contributed by atoms with van der Waals surface area (Å²) in [4.78, 5) is 27.7. The van der Waals surface area contributed by atoms with Crippen LogP contribution in [0.4, 0.5) is 0 Å². The van der Waals surface area contributed by atoms with Gasteiger partial charge in [0.05, 0.1) is 5.92 Å². The highest BCUT2D eigenvalue weighted by Gasteiger charge is 2.24. The zero-order valence-corrected chi connectivity index (χ0v) is 12.9. The summed E-state index contributed by atoms with van der Waals surface area (Å²) >= 11 is 0. The molecule has 0 spiro atoms. The van der Waals surface area contributed by atoms with Crippen molar-refractivity contribution < 1.29 is 14.3 Å². The number of hydrogen-bond donors (Lipinski definition) is 1. The maximum absolute atomic E-state index is 12.4. The van der Waals surface area contributed by atoms with Crippen LogP contribution in [0.5, 0.6) is 0 Å². The summed E-state index contributed by atoms with van der Waals surface area (Å²) in [5.41, 5.74) is 2.38. The number of carbonyl (C=O) groups excluding carboxylic acids is 2. The second-order valence-corrected chi connectivity index (χ2v) is 6.04. The molecule has 2 aromatic rings. The molecule has 0 bridgehead atoms. The van der Waals surface area contributed by atoms with E-state index in [1.54, 1.807) is 0 Å². The van der Waals surface area contributed by atoms with Crippen LogP contribution in [0.15, 0.2) is 24.3 Å². The molecular formula is C18H21NO3. The van der Waals surface area contributed by atoms with Gasteiger partial charge in [0, 0.05) is 22.2 Å². The van der Waals surface area contributed by atoms with Crippen molar-refractivity contribution in [3.05, 3.63) is 35.5 Å². The Morgan fingerprint density at radius 3 is 2.68 bits per heavy atom. The van der Waals surface area contributed by atoms with Crippen LogP contribution in [0.1, 0.15) is 48.2 Å². The molecule has 22 heavy (non-hydrogen) atoms. The minimum absolute atomic E-state index is 0.0226. The number of nitrogens with one attached hydrogen (secondary N) is 1. The Labute approximate surface area is 129 Å². The number of aromatic amines is 1. The molecule has 1 aromatic carbocycles. The van der Waals surface area contributed by atoms with Crippen molar-refractivity contribution in [2.75, 3.05) is 6.61 Å². The van der Waals surface area contributed by atoms with Gasteiger partial charge >= 0.3 is 5.97 Å². The molecule has 1 heterocycles. The zero-order chi connectivity index (χ0) is 15.5. The lowest BCUT2D eigenvalue weighted by Crippen LogP contribution is -2.23. The Hall–Kier alpha value is -2.10. The van der Waals surface area contributed by atoms with E-state index in [2.05, 4.69) is 4.98 Å². The lowest BCUT2D eigenvalue weighted by molar-refractivity contribution is -0.148. The lowest BCUT2D eigenvalue weighted by atomic mass is 9.89. The number of ether oxygens (including phenoxy) is 1. The zero-order valence-electron chi connectivity index (χ0n) is 12.9. The molecule has 1 aliphatic carbocycles. The fraction of sp³-hybridized carbons (Fsp3) is 0.444. The Balaban J connectivity index is 1.68. The predicted molar refractivity (Wildman–Crippen MR) is 84.9 cm³/mol. The first kappa shape index (κ1) is 14.8. The molecule has 0 unspecified atom stereocenters. The molecule has 0 radical (unpaired) electrons. The highest BCUT2D eigenvalue weighted by Crippen LogP contribution is 2.25. The third kappa shape index (κ3) is 2.91. The van der Waals surface area contributed by atoms with E-state index in [4.69, 9.17) is 4.74 Å². The fourth-order valence-electron chi connectivity index (χ4n) is 3.30. The van der Waals surface area contributed by atoms with E-state index in [0.29, 0.717) is 5.56 Å². The Bertz CT molecular complexity index is 695. The van der Waals surface area contributed by atoms with E-state index in [9.17, 15) is 9.59 Å². The molecule has 4 nitrogen and oxygen atoms in total. The van der Waals surface area contributed by atoms with Crippen LogP contribution in [0.2, 0.25) is 0 Å². The van der Waals surface area contributed by atoms with Gasteiger partial charge in [-0.1, -0.05) is 37.5 Å². The third-order valence-electron chi connectivity index (χ3n) is 4.46. The van der Waals surface area contributed by atoms with Crippen LogP contribution in [0.25, 0.3) is 10.9 Å². The van der Waals surface area contributed by atoms with Gasteiger partial charge in [0.15, 0.2) is 6.61 Å². The molecule has 1 fully saturated rings. The fourth-order valence-corrected chi connectivity index (χ4v) is 3.30. The first-order chi connectivity index (χ1) is 10.7. The van der Waals surface area contributed by atoms with E-state index in [1.165, 1.54) is 6.42 Å². The van der Waals surface area contributed by atoms with E-state index in [0.717, 1.165) is 42.3 Å². The van der Waals surface area contributed by atoms with Crippen LogP contribution in [0.3, 0.4) is 0 Å². The van der Waals surface area contributed by atoms with E-state index in [-0.39, 0.29) is 24.3 Å². The van der Waals surface area contributed by atoms with Crippen molar-refractivity contribution in [1.82, 2.24) is 4.98 Å². The average Bonchev–Trinajstić information content (AvgIpc) is 2.89. The monoisotopic (exact) mass is 299 g/mol. The van der Waals surface area contributed by atoms with Gasteiger partial charge in [-0.2, -0.15) is 0 Å². The summed E-state index contributed by atoms with van der Waals surface area (Å²) in [5, 5.41) is 0.888. The van der Waals surface area contributed by atoms with E-state index >= 15 is 0 Å². The number of benzene rings is 1. The van der Waals surface area contributed by atoms with Gasteiger partial charge in [-0.25, -0.2) is 0 Å². The largest absolute Gasteiger partial charge is 0.457 e. The quantitative estimate of drug-likeness (QED) is 0.690. The minimum Gasteiger partial charge on any atom is -0.457 e. The van der Waals surface area contributed by atoms with Crippen LogP contribution >= 0.6 is 0 Å². The molecule has 1 aromatic heterocycles. The minimum atomic E-state index is -0.217. The van der Waals surface area contributed by atoms with Crippen molar-refractivity contribution in [3.63, 3.8) is 0 Å². The lowest BCUT2D eigenvalue weighted by Gasteiger charge is -2.19. The predicted octanol–water partition coefficient (Wildman–Crippen LogP) is 3.78. The van der Waals surface area contributed by atoms with Gasteiger partial charge < -0.3 is 9.72 Å². The number of fused-ring (bicyclic) bond motifs is 1. The molecule has 3 rings (SSSR count). The normalized spacial score (nSPS) is 15.9. The highest BCUT2D eigenvalue weighted by atomic mass is 16.5. The van der Waals surface area contributed by atoms with Gasteiger partial charge in [0.25, 0.3) is 0 Å². The maximum atomic E-state index is 12.4. The SMILES string of the molecule is Cc1[nH]c2ccccc2c1C(=O)COC(=O)C1CCCCC1. The summed E-state index contributed by atoms with van der Waals surface area (Å²) in [5.74, 6) is -0.379. The number of aromatic nitrogens is 1. The second kappa shape index (κ2) is 6.34. The summed E-state index contributed by atoms with van der Waals surface area (Å²) < 4.78 is 5.27. The molecular weight excluding hydrogens is 278 g/mol. The summed E-state index contributed by atoms with van der Waals surface area (Å²) in [6.07, 6.45) is 5.13. The first-order valence-electron chi connectivity index (χ1n) is 7.94. The summed E-state index contributed by atoms with van der Waals surface area (Å²) in [6.45, 7) is 1.70. The smallest absolute Gasteiger partial charge is 0.309 e. The number of carbonyl (C=O) groups is 2. The maximum Gasteiger partial charge on any atom is 0.309 e. The standard InChI is InChI=1S/C18H21NO3/c1-12-17(14-9-5-6-10-15(14)19-12)16(20)11-22-18(21)13-7-3-2-4-8-13/h5-6,9-10,13,19H,2-4,7-8,11H2,1H3. The molecule has 1 N–H and O–H groups in total. The molecule has 4 heteroatoms. The van der Waals surface area contributed by atoms with Crippen LogP contribution in [-0.2, 0) is 9.53 Å². The molecule has 1 saturated carbocycles. The molecule has 116 valence electrons. The van der Waals surface area contributed by atoms with Crippen molar-refractivity contribution in [2.45, 2.75) is 39.0 Å². The molecule has 0 aliphatic heterocycles. The highest BCUT2D eigenvalue weighted by molar-refractivity contribution is 6.10. The Morgan fingerprint density at radius 2 is 1.91 bits per heavy atom. The van der Waals surface area contributed by atoms with Crippen molar-refractivity contribution in [1.29, 1.82) is 0 Å². The van der Waals surface area contributed by atoms with Crippen LogP contribution in [0, 0.1) is 12.8 Å². The van der Waals surface area contributed by atoms with Gasteiger partial charge in [-0.3, -0.25) is 9.59 Å². The number of esters is 1. The number of ketones is 1. The van der Waals surface area contributed by atoms with Crippen LogP contribution < -0.4 is 0 Å². The van der Waals surface area contributed by atoms with Crippen molar-refractivity contribution >= 4 is 22.7 Å². The number of rotatable bonds is 4. The summed E-state index contributed by atoms with van der Waals surface area (Å²) in [6, 6.07) is 7.68. The molecule has 1 aliphatic rings. The number of aryl methyl sites for hydroxylation is 1.